The maximum atomic E-state index is 5.51. The number of hydrogen-bond acceptors (Lipinski definition) is 2. The number of aromatic nitrogens is 3. The maximum Gasteiger partial charge on any atom is 0.148 e. The molecule has 2 aliphatic rings. The van der Waals surface area contributed by atoms with Crippen molar-refractivity contribution in [2.45, 2.75) is 125 Å². The molecule has 0 saturated carbocycles. The summed E-state index contributed by atoms with van der Waals surface area (Å²) in [5.41, 5.74) is 10.6. The molecular formula is C35H47N3. The Morgan fingerprint density at radius 2 is 1.37 bits per heavy atom. The molecule has 202 valence electrons. The molecule has 1 unspecified atom stereocenters. The predicted molar refractivity (Wildman–Crippen MR) is 162 cm³/mol. The van der Waals surface area contributed by atoms with Gasteiger partial charge in [0.1, 0.15) is 11.5 Å². The third-order valence-corrected chi connectivity index (χ3v) is 11.4. The highest BCUT2D eigenvalue weighted by Crippen LogP contribution is 2.73. The molecule has 2 aromatic heterocycles. The molecule has 0 amide bonds. The lowest BCUT2D eigenvalue weighted by Gasteiger charge is -2.49. The minimum Gasteiger partial charge on any atom is -0.279 e. The van der Waals surface area contributed by atoms with Crippen LogP contribution in [0.2, 0.25) is 0 Å². The van der Waals surface area contributed by atoms with E-state index in [9.17, 15) is 0 Å². The first kappa shape index (κ1) is 25.8. The summed E-state index contributed by atoms with van der Waals surface area (Å²) in [5, 5.41) is 1.15. The zero-order valence-corrected chi connectivity index (χ0v) is 26.2. The van der Waals surface area contributed by atoms with E-state index in [1.807, 2.05) is 0 Å². The molecule has 0 N–H and O–H groups in total. The summed E-state index contributed by atoms with van der Waals surface area (Å²) in [6.45, 7) is 33.6. The number of nitrogens with zero attached hydrogens (tertiary/aromatic N) is 3. The Labute approximate surface area is 229 Å². The van der Waals surface area contributed by atoms with Gasteiger partial charge in [-0.25, -0.2) is 9.97 Å². The fourth-order valence-corrected chi connectivity index (χ4v) is 8.21. The van der Waals surface area contributed by atoms with Crippen LogP contribution in [0.25, 0.3) is 27.6 Å². The molecule has 2 aromatic carbocycles. The van der Waals surface area contributed by atoms with E-state index in [0.717, 1.165) is 27.9 Å². The molecule has 0 fully saturated rings. The molecule has 0 bridgehead atoms. The molecule has 0 radical (unpaired) electrons. The summed E-state index contributed by atoms with van der Waals surface area (Å²) in [5.74, 6) is 1.59. The minimum atomic E-state index is -0.146. The van der Waals surface area contributed by atoms with E-state index in [1.54, 1.807) is 5.56 Å². The second-order valence-electron chi connectivity index (χ2n) is 16.6. The van der Waals surface area contributed by atoms with Crippen LogP contribution in [0.4, 0.5) is 0 Å². The number of benzene rings is 2. The number of hydrogen-bond donors (Lipinski definition) is 0. The van der Waals surface area contributed by atoms with E-state index in [4.69, 9.17) is 9.97 Å². The first-order valence-electron chi connectivity index (χ1n) is 14.5. The van der Waals surface area contributed by atoms with Gasteiger partial charge in [0.2, 0.25) is 0 Å². The Morgan fingerprint density at radius 1 is 0.763 bits per heavy atom. The van der Waals surface area contributed by atoms with Gasteiger partial charge < -0.3 is 0 Å². The van der Waals surface area contributed by atoms with Gasteiger partial charge in [-0.2, -0.15) is 0 Å². The van der Waals surface area contributed by atoms with Crippen LogP contribution < -0.4 is 0 Å². The van der Waals surface area contributed by atoms with Crippen molar-refractivity contribution < 1.29 is 0 Å². The molecule has 38 heavy (non-hydrogen) atoms. The summed E-state index contributed by atoms with van der Waals surface area (Å²) in [7, 11) is 0. The highest BCUT2D eigenvalue weighted by molar-refractivity contribution is 6.00. The van der Waals surface area contributed by atoms with Crippen LogP contribution in [-0.2, 0) is 21.7 Å². The monoisotopic (exact) mass is 509 g/mol. The van der Waals surface area contributed by atoms with Crippen LogP contribution in [0.1, 0.15) is 131 Å². The van der Waals surface area contributed by atoms with Crippen molar-refractivity contribution in [1.29, 1.82) is 0 Å². The molecule has 6 rings (SSSR count). The van der Waals surface area contributed by atoms with E-state index < -0.39 is 0 Å². The average Bonchev–Trinajstić information content (AvgIpc) is 3.26. The Hall–Kier alpha value is -2.42. The van der Waals surface area contributed by atoms with E-state index in [0.29, 0.717) is 5.92 Å². The van der Waals surface area contributed by atoms with E-state index in [1.165, 1.54) is 22.2 Å². The normalized spacial score (nSPS) is 23.1. The summed E-state index contributed by atoms with van der Waals surface area (Å²) in [6.07, 6.45) is 0. The van der Waals surface area contributed by atoms with Gasteiger partial charge in [-0.1, -0.05) is 109 Å². The third kappa shape index (κ3) is 2.76. The van der Waals surface area contributed by atoms with E-state index in [-0.39, 0.29) is 32.5 Å². The predicted octanol–water partition coefficient (Wildman–Crippen LogP) is 9.35. The highest BCUT2D eigenvalue weighted by Gasteiger charge is 2.66. The Balaban J connectivity index is 1.91. The molecular weight excluding hydrogens is 462 g/mol. The fraction of sp³-hybridized carbons (Fsp3) is 0.600. The van der Waals surface area contributed by atoms with Gasteiger partial charge in [0.05, 0.1) is 16.6 Å². The van der Waals surface area contributed by atoms with Gasteiger partial charge in [-0.3, -0.25) is 4.40 Å². The van der Waals surface area contributed by atoms with E-state index >= 15 is 0 Å². The van der Waals surface area contributed by atoms with Crippen LogP contribution in [0, 0.1) is 10.8 Å². The highest BCUT2D eigenvalue weighted by atomic mass is 15.1. The lowest BCUT2D eigenvalue weighted by molar-refractivity contribution is 0.0636. The zero-order valence-electron chi connectivity index (χ0n) is 26.2. The average molecular weight is 510 g/mol. The quantitative estimate of drug-likeness (QED) is 0.236. The number of rotatable bonds is 0. The van der Waals surface area contributed by atoms with Crippen molar-refractivity contribution in [3.63, 3.8) is 0 Å². The van der Waals surface area contributed by atoms with Crippen molar-refractivity contribution in [3.05, 3.63) is 52.3 Å². The van der Waals surface area contributed by atoms with Gasteiger partial charge in [0, 0.05) is 10.8 Å². The Morgan fingerprint density at radius 3 is 1.95 bits per heavy atom. The first-order valence-corrected chi connectivity index (χ1v) is 14.5. The third-order valence-electron chi connectivity index (χ3n) is 11.4. The Bertz CT molecular complexity index is 1680. The lowest BCUT2D eigenvalue weighted by atomic mass is 9.54. The van der Waals surface area contributed by atoms with Crippen molar-refractivity contribution in [2.24, 2.45) is 10.8 Å². The zero-order chi connectivity index (χ0) is 28.2. The standard InChI is InChI=1S/C35H47N3/c1-30(2,3)20-17-15-16-19-25(20)37-29(31(4,5)6)38-26-22(36-28(19)38)18-21-23-24(26)33(9,10)35(13,14)27(23)34(11,12)32(21,7)8/h15-18,27H,1-14H3. The second kappa shape index (κ2) is 6.83. The second-order valence-corrected chi connectivity index (χ2v) is 16.6. The first-order chi connectivity index (χ1) is 17.2. The smallest absolute Gasteiger partial charge is 0.148 e. The summed E-state index contributed by atoms with van der Waals surface area (Å²) in [4.78, 5) is 11.0. The fourth-order valence-electron chi connectivity index (χ4n) is 8.21. The van der Waals surface area contributed by atoms with E-state index in [2.05, 4.69) is 126 Å². The summed E-state index contributed by atoms with van der Waals surface area (Å²) < 4.78 is 2.46. The van der Waals surface area contributed by atoms with Crippen molar-refractivity contribution in [1.82, 2.24) is 14.4 Å². The number of para-hydroxylation sites is 1. The number of fused-ring (bicyclic) bond motifs is 6. The molecule has 2 heterocycles. The SMILES string of the molecule is CC(C)(C)c1cccc2c1nc(C(C)(C)C)n1c2nc2cc3c4c(c21)C(C)(C)C(C)(C)C4C(C)(C)C3(C)C. The molecule has 3 heteroatoms. The van der Waals surface area contributed by atoms with Crippen LogP contribution in [0.3, 0.4) is 0 Å². The minimum absolute atomic E-state index is 0.00385. The van der Waals surface area contributed by atoms with Gasteiger partial charge >= 0.3 is 0 Å². The topological polar surface area (TPSA) is 30.2 Å². The van der Waals surface area contributed by atoms with Gasteiger partial charge in [-0.15, -0.1) is 0 Å². The van der Waals surface area contributed by atoms with Crippen molar-refractivity contribution >= 4 is 27.6 Å². The molecule has 3 nitrogen and oxygen atoms in total. The van der Waals surface area contributed by atoms with Crippen molar-refractivity contribution in [2.75, 3.05) is 0 Å². The van der Waals surface area contributed by atoms with Crippen LogP contribution in [0.15, 0.2) is 24.3 Å². The van der Waals surface area contributed by atoms with Gasteiger partial charge in [0.15, 0.2) is 0 Å². The van der Waals surface area contributed by atoms with Crippen LogP contribution in [-0.4, -0.2) is 14.4 Å². The van der Waals surface area contributed by atoms with Gasteiger partial charge in [0.25, 0.3) is 0 Å². The number of imidazole rings is 1. The molecule has 0 saturated heterocycles. The van der Waals surface area contributed by atoms with Crippen LogP contribution >= 0.6 is 0 Å². The largest absolute Gasteiger partial charge is 0.279 e. The molecule has 0 spiro atoms. The van der Waals surface area contributed by atoms with Crippen molar-refractivity contribution in [3.8, 4) is 0 Å². The molecule has 4 aromatic rings. The molecule has 1 atom stereocenters. The van der Waals surface area contributed by atoms with Crippen LogP contribution in [0.5, 0.6) is 0 Å². The lowest BCUT2D eigenvalue weighted by Crippen LogP contribution is -2.44. The summed E-state index contributed by atoms with van der Waals surface area (Å²) in [6, 6.07) is 9.11. The summed E-state index contributed by atoms with van der Waals surface area (Å²) >= 11 is 0. The molecule has 2 aliphatic carbocycles. The van der Waals surface area contributed by atoms with Gasteiger partial charge in [-0.05, 0) is 67.4 Å². The molecule has 0 aliphatic heterocycles. The maximum absolute atomic E-state index is 5.51. The Kier molecular flexibility index (Phi) is 4.64.